The lowest BCUT2D eigenvalue weighted by atomic mass is 9.49. The molecule has 0 spiro atoms. The zero-order valence-corrected chi connectivity index (χ0v) is 31.7. The predicted octanol–water partition coefficient (Wildman–Crippen LogP) is 2.24. The van der Waals surface area contributed by atoms with Gasteiger partial charge in [0.2, 0.25) is 0 Å². The number of ether oxygens (including phenoxy) is 4. The summed E-state index contributed by atoms with van der Waals surface area (Å²) in [5, 5.41) is 83.5. The van der Waals surface area contributed by atoms with E-state index in [0.717, 1.165) is 50.5 Å². The second kappa shape index (κ2) is 15.7. The first kappa shape index (κ1) is 40.4. The summed E-state index contributed by atoms with van der Waals surface area (Å²) in [5.41, 5.74) is 5.88. The minimum Gasteiger partial charge on any atom is -0.394 e. The maximum Gasteiger partial charge on any atom is 0.187 e. The lowest BCUT2D eigenvalue weighted by Gasteiger charge is -2.57. The molecule has 52 heavy (non-hydrogen) atoms. The normalized spacial score (nSPS) is 47.5. The van der Waals surface area contributed by atoms with E-state index in [1.165, 1.54) is 5.57 Å². The van der Waals surface area contributed by atoms with Gasteiger partial charge in [0.25, 0.3) is 0 Å². The fourth-order valence-electron chi connectivity index (χ4n) is 11.2. The van der Waals surface area contributed by atoms with E-state index in [1.807, 2.05) is 19.9 Å². The van der Waals surface area contributed by atoms with E-state index in [0.29, 0.717) is 24.2 Å². The van der Waals surface area contributed by atoms with E-state index < -0.39 is 80.7 Å². The van der Waals surface area contributed by atoms with Crippen molar-refractivity contribution in [3.8, 4) is 0 Å². The summed E-state index contributed by atoms with van der Waals surface area (Å²) in [6.07, 6.45) is -3.45. The Kier molecular flexibility index (Phi) is 12.2. The van der Waals surface area contributed by atoms with Crippen LogP contribution in [0.2, 0.25) is 0 Å². The van der Waals surface area contributed by atoms with Crippen molar-refractivity contribution in [3.63, 3.8) is 0 Å². The van der Waals surface area contributed by atoms with Gasteiger partial charge < -0.3 is 59.8 Å². The van der Waals surface area contributed by atoms with Gasteiger partial charge in [-0.15, -0.1) is 0 Å². The van der Waals surface area contributed by atoms with Crippen molar-refractivity contribution in [3.05, 3.63) is 34.4 Å². The minimum absolute atomic E-state index is 0.0125. The molecule has 2 saturated heterocycles. The molecule has 0 aromatic carbocycles. The molecule has 1 saturated carbocycles. The molecule has 2 aliphatic heterocycles. The summed E-state index contributed by atoms with van der Waals surface area (Å²) < 4.78 is 24.1. The van der Waals surface area contributed by atoms with Crippen molar-refractivity contribution in [2.24, 2.45) is 34.5 Å². The lowest BCUT2D eigenvalue weighted by molar-refractivity contribution is -0.374. The van der Waals surface area contributed by atoms with Gasteiger partial charge in [-0.3, -0.25) is 0 Å². The third-order valence-corrected chi connectivity index (χ3v) is 14.1. The van der Waals surface area contributed by atoms with Gasteiger partial charge in [0.1, 0.15) is 48.8 Å². The van der Waals surface area contributed by atoms with Gasteiger partial charge in [-0.2, -0.15) is 0 Å². The summed E-state index contributed by atoms with van der Waals surface area (Å²) in [4.78, 5) is 0. The molecule has 18 atom stereocenters. The molecule has 0 radical (unpaired) electrons. The average molecular weight is 737 g/mol. The third-order valence-electron chi connectivity index (χ3n) is 14.1. The number of aliphatic hydroxyl groups is 8. The molecule has 2 heterocycles. The number of hydrogen-bond acceptors (Lipinski definition) is 12. The van der Waals surface area contributed by atoms with Crippen LogP contribution in [0.25, 0.3) is 0 Å². The Labute approximate surface area is 308 Å². The van der Waals surface area contributed by atoms with Crippen molar-refractivity contribution < 1.29 is 59.8 Å². The molecule has 8 N–H and O–H groups in total. The zero-order valence-electron chi connectivity index (χ0n) is 31.7. The smallest absolute Gasteiger partial charge is 0.187 e. The SMILES string of the molecule is CC(C)=C[C@H](O)C[C@@H](C)[C@H]1CC=C2C3=C(CC[C@@]21C)[C@@]1(C)CC[C@H](OC2OC(CO)C(O)[C@H](O)C2OC2OC(CO)C(O)[C@H](O)C2O)[C@@H](C)[C@@H]1CC3. The highest BCUT2D eigenvalue weighted by molar-refractivity contribution is 5.49. The van der Waals surface area contributed by atoms with E-state index in [4.69, 9.17) is 18.9 Å². The summed E-state index contributed by atoms with van der Waals surface area (Å²) >= 11 is 0. The number of fused-ring (bicyclic) bond motifs is 4. The molecule has 6 aliphatic rings. The quantitative estimate of drug-likeness (QED) is 0.153. The summed E-state index contributed by atoms with van der Waals surface area (Å²) in [6.45, 7) is 12.2. The van der Waals surface area contributed by atoms with Crippen molar-refractivity contribution in [2.75, 3.05) is 13.2 Å². The van der Waals surface area contributed by atoms with E-state index in [1.54, 1.807) is 11.1 Å². The van der Waals surface area contributed by atoms with Crippen molar-refractivity contribution in [1.82, 2.24) is 0 Å². The Morgan fingerprint density at radius 2 is 1.52 bits per heavy atom. The largest absolute Gasteiger partial charge is 0.394 e. The van der Waals surface area contributed by atoms with Crippen LogP contribution in [-0.2, 0) is 18.9 Å². The lowest BCUT2D eigenvalue weighted by Crippen LogP contribution is -2.65. The van der Waals surface area contributed by atoms with Crippen LogP contribution < -0.4 is 0 Å². The van der Waals surface area contributed by atoms with E-state index >= 15 is 0 Å². The third kappa shape index (κ3) is 7.14. The summed E-state index contributed by atoms with van der Waals surface area (Å²) in [5.74, 6) is 1.31. The highest BCUT2D eigenvalue weighted by Gasteiger charge is 2.57. The standard InChI is InChI=1S/C40H64O12/c1-19(2)15-22(43)16-20(3)24-9-10-26-23-7-8-25-21(4)28(12-14-40(25,6)27(23)11-13-39(24,26)5)49-38-36(34(47)32(45)30(18-42)51-38)52-37-35(48)33(46)31(44)29(17-41)50-37/h10,15,20-22,24-25,28-38,41-48H,7-9,11-14,16-18H2,1-6H3/t20-,21+,22+,24-,25+,28+,29?,30?,31?,32?,33+,34+,35?,36?,37?,38?,39-,40+/m1/s1. The monoisotopic (exact) mass is 736 g/mol. The van der Waals surface area contributed by atoms with E-state index in [9.17, 15) is 40.9 Å². The van der Waals surface area contributed by atoms with E-state index in [-0.39, 0.29) is 22.9 Å². The second-order valence-corrected chi connectivity index (χ2v) is 17.5. The predicted molar refractivity (Wildman–Crippen MR) is 190 cm³/mol. The Morgan fingerprint density at radius 1 is 0.865 bits per heavy atom. The topological polar surface area (TPSA) is 199 Å². The van der Waals surface area contributed by atoms with Crippen LogP contribution in [0.4, 0.5) is 0 Å². The first-order chi connectivity index (χ1) is 24.5. The molecule has 6 rings (SSSR count). The molecule has 12 nitrogen and oxygen atoms in total. The first-order valence-corrected chi connectivity index (χ1v) is 19.6. The Hall–Kier alpha value is -1.26. The number of allylic oxidation sites excluding steroid dienone is 5. The Bertz CT molecular complexity index is 1360. The molecule has 296 valence electrons. The van der Waals surface area contributed by atoms with Crippen LogP contribution >= 0.6 is 0 Å². The number of aliphatic hydroxyl groups excluding tert-OH is 8. The molecule has 0 aromatic heterocycles. The molecule has 12 heteroatoms. The summed E-state index contributed by atoms with van der Waals surface area (Å²) in [6, 6.07) is 0. The van der Waals surface area contributed by atoms with Crippen molar-refractivity contribution >= 4 is 0 Å². The number of hydrogen-bond donors (Lipinski definition) is 8. The van der Waals surface area contributed by atoms with Gasteiger partial charge in [-0.1, -0.05) is 51.0 Å². The van der Waals surface area contributed by atoms with Gasteiger partial charge in [0.05, 0.1) is 25.4 Å². The van der Waals surface area contributed by atoms with Crippen LogP contribution in [0.1, 0.15) is 92.9 Å². The number of rotatable bonds is 10. The minimum atomic E-state index is -1.72. The van der Waals surface area contributed by atoms with Crippen LogP contribution in [0.15, 0.2) is 34.4 Å². The molecule has 0 bridgehead atoms. The molecular weight excluding hydrogens is 672 g/mol. The maximum atomic E-state index is 11.2. The molecular formula is C40H64O12. The molecule has 0 aromatic rings. The highest BCUT2D eigenvalue weighted by Crippen LogP contribution is 2.65. The van der Waals surface area contributed by atoms with Crippen LogP contribution in [0.3, 0.4) is 0 Å². The van der Waals surface area contributed by atoms with Gasteiger partial charge in [0.15, 0.2) is 12.6 Å². The van der Waals surface area contributed by atoms with Gasteiger partial charge >= 0.3 is 0 Å². The average Bonchev–Trinajstić information content (AvgIpc) is 3.46. The highest BCUT2D eigenvalue weighted by atomic mass is 16.8. The van der Waals surface area contributed by atoms with Crippen LogP contribution in [0.5, 0.6) is 0 Å². The van der Waals surface area contributed by atoms with Gasteiger partial charge in [-0.05, 0) is 111 Å². The fraction of sp³-hybridized carbons (Fsp3) is 0.850. The zero-order chi connectivity index (χ0) is 37.9. The van der Waals surface area contributed by atoms with Crippen molar-refractivity contribution in [1.29, 1.82) is 0 Å². The molecule has 8 unspecified atom stereocenters. The summed E-state index contributed by atoms with van der Waals surface area (Å²) in [7, 11) is 0. The van der Waals surface area contributed by atoms with Crippen LogP contribution in [-0.4, -0.2) is 128 Å². The van der Waals surface area contributed by atoms with E-state index in [2.05, 4.69) is 33.8 Å². The van der Waals surface area contributed by atoms with Crippen molar-refractivity contribution in [2.45, 2.75) is 167 Å². The fourth-order valence-corrected chi connectivity index (χ4v) is 11.2. The maximum absolute atomic E-state index is 11.2. The first-order valence-electron chi connectivity index (χ1n) is 19.6. The molecule has 0 amide bonds. The molecule has 4 aliphatic carbocycles. The Morgan fingerprint density at radius 3 is 2.17 bits per heavy atom. The van der Waals surface area contributed by atoms with Gasteiger partial charge in [-0.25, -0.2) is 0 Å². The molecule has 3 fully saturated rings. The van der Waals surface area contributed by atoms with Crippen LogP contribution in [0, 0.1) is 34.5 Å². The van der Waals surface area contributed by atoms with Gasteiger partial charge in [0, 0.05) is 0 Å². The second-order valence-electron chi connectivity index (χ2n) is 17.5. The Balaban J connectivity index is 1.18.